The van der Waals surface area contributed by atoms with Gasteiger partial charge in [-0.25, -0.2) is 0 Å². The van der Waals surface area contributed by atoms with E-state index in [1.54, 1.807) is 55.3 Å². The summed E-state index contributed by atoms with van der Waals surface area (Å²) in [5.74, 6) is 0.205. The summed E-state index contributed by atoms with van der Waals surface area (Å²) in [4.78, 5) is 25.5. The molecule has 33 heavy (non-hydrogen) atoms. The van der Waals surface area contributed by atoms with E-state index in [9.17, 15) is 9.59 Å². The molecular formula is C22H21ClN6O4. The Morgan fingerprint density at radius 3 is 2.33 bits per heavy atom. The summed E-state index contributed by atoms with van der Waals surface area (Å²) in [5, 5.41) is 14.3. The maximum Gasteiger partial charge on any atom is 0.291 e. The van der Waals surface area contributed by atoms with Crippen molar-refractivity contribution >= 4 is 34.8 Å². The van der Waals surface area contributed by atoms with E-state index in [1.165, 1.54) is 16.9 Å². The van der Waals surface area contributed by atoms with E-state index >= 15 is 0 Å². The van der Waals surface area contributed by atoms with Crippen molar-refractivity contribution in [1.29, 1.82) is 0 Å². The summed E-state index contributed by atoms with van der Waals surface area (Å²) in [5.41, 5.74) is 1.79. The number of rotatable bonds is 7. The Morgan fingerprint density at radius 2 is 1.64 bits per heavy atom. The van der Waals surface area contributed by atoms with Gasteiger partial charge in [-0.3, -0.25) is 19.0 Å². The maximum atomic E-state index is 12.8. The summed E-state index contributed by atoms with van der Waals surface area (Å²) in [6.45, 7) is 1.97. The molecule has 0 aliphatic heterocycles. The Labute approximate surface area is 194 Å². The number of halogens is 1. The lowest BCUT2D eigenvalue weighted by Gasteiger charge is -2.08. The predicted octanol–water partition coefficient (Wildman–Crippen LogP) is 3.79. The monoisotopic (exact) mass is 468 g/mol. The topological polar surface area (TPSA) is 116 Å². The Morgan fingerprint density at radius 1 is 0.970 bits per heavy atom. The number of nitrogens with zero attached hydrogens (tertiary/aromatic N) is 4. The highest BCUT2D eigenvalue weighted by Crippen LogP contribution is 2.21. The van der Waals surface area contributed by atoms with Gasteiger partial charge in [0.2, 0.25) is 0 Å². The van der Waals surface area contributed by atoms with Gasteiger partial charge in [-0.1, -0.05) is 11.6 Å². The van der Waals surface area contributed by atoms with Crippen molar-refractivity contribution in [1.82, 2.24) is 19.6 Å². The third kappa shape index (κ3) is 4.90. The van der Waals surface area contributed by atoms with Crippen LogP contribution in [0.15, 0.2) is 53.2 Å². The Balaban J connectivity index is 1.42. The number of amides is 2. The Kier molecular flexibility index (Phi) is 6.18. The van der Waals surface area contributed by atoms with Crippen molar-refractivity contribution in [2.24, 2.45) is 14.1 Å². The molecule has 10 nitrogen and oxygen atoms in total. The minimum absolute atomic E-state index is 0.0722. The van der Waals surface area contributed by atoms with Gasteiger partial charge in [0.05, 0.1) is 29.5 Å². The average Bonchev–Trinajstić information content (AvgIpc) is 3.49. The SMILES string of the molecule is Cc1c(NC(=O)c2c(NC(=O)c3ccc(COc4ccc(Cl)cc4)o3)cnn2C)cnn1C. The summed E-state index contributed by atoms with van der Waals surface area (Å²) >= 11 is 5.86. The van der Waals surface area contributed by atoms with Crippen LogP contribution in [0.5, 0.6) is 5.75 Å². The molecule has 0 unspecified atom stereocenters. The zero-order valence-electron chi connectivity index (χ0n) is 18.1. The van der Waals surface area contributed by atoms with Crippen molar-refractivity contribution in [3.8, 4) is 5.75 Å². The van der Waals surface area contributed by atoms with Crippen molar-refractivity contribution in [2.45, 2.75) is 13.5 Å². The molecule has 3 heterocycles. The smallest absolute Gasteiger partial charge is 0.291 e. The zero-order valence-corrected chi connectivity index (χ0v) is 18.9. The average molecular weight is 469 g/mol. The lowest BCUT2D eigenvalue weighted by molar-refractivity contribution is 0.0992. The van der Waals surface area contributed by atoms with Crippen molar-refractivity contribution in [3.05, 3.63) is 76.7 Å². The van der Waals surface area contributed by atoms with E-state index in [-0.39, 0.29) is 23.7 Å². The molecular weight excluding hydrogens is 448 g/mol. The molecule has 4 rings (SSSR count). The van der Waals surface area contributed by atoms with Gasteiger partial charge in [-0.05, 0) is 43.3 Å². The first-order chi connectivity index (χ1) is 15.8. The minimum atomic E-state index is -0.521. The second-order valence-corrected chi connectivity index (χ2v) is 7.65. The highest BCUT2D eigenvalue weighted by molar-refractivity contribution is 6.30. The van der Waals surface area contributed by atoms with Crippen LogP contribution in [0.4, 0.5) is 11.4 Å². The van der Waals surface area contributed by atoms with Crippen molar-refractivity contribution in [3.63, 3.8) is 0 Å². The molecule has 0 saturated heterocycles. The van der Waals surface area contributed by atoms with E-state index in [1.807, 2.05) is 6.92 Å². The maximum absolute atomic E-state index is 12.8. The van der Waals surface area contributed by atoms with Gasteiger partial charge in [0.15, 0.2) is 5.76 Å². The number of nitrogens with one attached hydrogen (secondary N) is 2. The lowest BCUT2D eigenvalue weighted by atomic mass is 10.3. The van der Waals surface area contributed by atoms with Gasteiger partial charge in [-0.15, -0.1) is 0 Å². The number of anilines is 2. The van der Waals surface area contributed by atoms with Crippen LogP contribution in [0.3, 0.4) is 0 Å². The summed E-state index contributed by atoms with van der Waals surface area (Å²) in [6.07, 6.45) is 2.95. The zero-order chi connectivity index (χ0) is 23.5. The number of hydrogen-bond donors (Lipinski definition) is 2. The highest BCUT2D eigenvalue weighted by Gasteiger charge is 2.22. The Hall–Kier alpha value is -4.05. The van der Waals surface area contributed by atoms with Crippen LogP contribution in [0.2, 0.25) is 5.02 Å². The van der Waals surface area contributed by atoms with Crippen LogP contribution >= 0.6 is 11.6 Å². The third-order valence-electron chi connectivity index (χ3n) is 4.97. The van der Waals surface area contributed by atoms with E-state index in [0.29, 0.717) is 22.2 Å². The quantitative estimate of drug-likeness (QED) is 0.426. The molecule has 0 spiro atoms. The normalized spacial score (nSPS) is 10.8. The lowest BCUT2D eigenvalue weighted by Crippen LogP contribution is -2.20. The van der Waals surface area contributed by atoms with E-state index in [4.69, 9.17) is 20.8 Å². The van der Waals surface area contributed by atoms with Crippen LogP contribution in [0, 0.1) is 6.92 Å². The van der Waals surface area contributed by atoms with Crippen LogP contribution in [-0.4, -0.2) is 31.4 Å². The molecule has 0 fully saturated rings. The van der Waals surface area contributed by atoms with Gasteiger partial charge >= 0.3 is 0 Å². The predicted molar refractivity (Wildman–Crippen MR) is 122 cm³/mol. The third-order valence-corrected chi connectivity index (χ3v) is 5.22. The molecule has 0 aliphatic carbocycles. The number of hydrogen-bond acceptors (Lipinski definition) is 6. The molecule has 3 aromatic heterocycles. The molecule has 170 valence electrons. The fraction of sp³-hybridized carbons (Fsp3) is 0.182. The van der Waals surface area contributed by atoms with Gasteiger partial charge in [0.1, 0.15) is 23.8 Å². The molecule has 4 aromatic rings. The fourth-order valence-electron chi connectivity index (χ4n) is 3.05. The summed E-state index contributed by atoms with van der Waals surface area (Å²) in [7, 11) is 3.39. The van der Waals surface area contributed by atoms with Crippen LogP contribution in [0.1, 0.15) is 32.5 Å². The van der Waals surface area contributed by atoms with E-state index in [2.05, 4.69) is 20.8 Å². The molecule has 0 atom stereocenters. The standard InChI is InChI=1S/C22H21ClN6O4/c1-13-17(10-24-28(13)2)26-22(31)20-18(11-25-29(20)3)27-21(30)19-9-8-16(33-19)12-32-15-6-4-14(23)5-7-15/h4-11H,12H2,1-3H3,(H,26,31)(H,27,30). The molecule has 0 saturated carbocycles. The number of aryl methyl sites for hydroxylation is 2. The minimum Gasteiger partial charge on any atom is -0.486 e. The second-order valence-electron chi connectivity index (χ2n) is 7.21. The largest absolute Gasteiger partial charge is 0.486 e. The van der Waals surface area contributed by atoms with Crippen molar-refractivity contribution in [2.75, 3.05) is 10.6 Å². The number of carbonyl (C=O) groups excluding carboxylic acids is 2. The van der Waals surface area contributed by atoms with Gasteiger partial charge in [0, 0.05) is 19.1 Å². The summed E-state index contributed by atoms with van der Waals surface area (Å²) < 4.78 is 14.2. The van der Waals surface area contributed by atoms with E-state index < -0.39 is 11.8 Å². The Bertz CT molecular complexity index is 1300. The van der Waals surface area contributed by atoms with Crippen LogP contribution in [0.25, 0.3) is 0 Å². The number of carbonyl (C=O) groups is 2. The fourth-order valence-corrected chi connectivity index (χ4v) is 3.17. The number of aromatic nitrogens is 4. The van der Waals surface area contributed by atoms with Crippen LogP contribution < -0.4 is 15.4 Å². The first-order valence-corrected chi connectivity index (χ1v) is 10.3. The first kappa shape index (κ1) is 22.2. The van der Waals surface area contributed by atoms with Crippen LogP contribution in [-0.2, 0) is 20.7 Å². The van der Waals surface area contributed by atoms with Gasteiger partial charge in [0.25, 0.3) is 11.8 Å². The molecule has 1 aromatic carbocycles. The van der Waals surface area contributed by atoms with Crippen molar-refractivity contribution < 1.29 is 18.7 Å². The number of ether oxygens (including phenoxy) is 1. The molecule has 2 amide bonds. The molecule has 11 heteroatoms. The number of furan rings is 1. The number of benzene rings is 1. The molecule has 2 N–H and O–H groups in total. The molecule has 0 radical (unpaired) electrons. The molecule has 0 bridgehead atoms. The highest BCUT2D eigenvalue weighted by atomic mass is 35.5. The van der Waals surface area contributed by atoms with E-state index in [0.717, 1.165) is 5.69 Å². The summed E-state index contributed by atoms with van der Waals surface area (Å²) in [6, 6.07) is 10.1. The van der Waals surface area contributed by atoms with Gasteiger partial charge < -0.3 is 19.8 Å². The second kappa shape index (κ2) is 9.21. The molecule has 0 aliphatic rings. The van der Waals surface area contributed by atoms with Gasteiger partial charge in [-0.2, -0.15) is 10.2 Å². The first-order valence-electron chi connectivity index (χ1n) is 9.92.